The van der Waals surface area contributed by atoms with Crippen molar-refractivity contribution in [3.8, 4) is 0 Å². The minimum absolute atomic E-state index is 0.0446. The summed E-state index contributed by atoms with van der Waals surface area (Å²) >= 11 is 7.21. The second-order valence-electron chi connectivity index (χ2n) is 7.04. The van der Waals surface area contributed by atoms with Gasteiger partial charge in [-0.2, -0.15) is 4.31 Å². The molecular weight excluding hydrogens is 450 g/mol. The lowest BCUT2D eigenvalue weighted by Gasteiger charge is -2.32. The first-order valence-corrected chi connectivity index (χ1v) is 12.0. The zero-order chi connectivity index (χ0) is 20.9. The number of piperazine rings is 1. The number of thiophene rings is 1. The molecule has 158 valence electrons. The highest BCUT2D eigenvalue weighted by atomic mass is 35.5. The molecule has 0 saturated carbocycles. The summed E-state index contributed by atoms with van der Waals surface area (Å²) in [4.78, 5) is 18.6. The predicted octanol–water partition coefficient (Wildman–Crippen LogP) is 1.80. The number of sulfonamides is 1. The first-order chi connectivity index (χ1) is 14.4. The Morgan fingerprint density at radius 3 is 2.67 bits per heavy atom. The molecule has 30 heavy (non-hydrogen) atoms. The second-order valence-corrected chi connectivity index (χ2v) is 10.7. The van der Waals surface area contributed by atoms with Gasteiger partial charge in [-0.1, -0.05) is 17.7 Å². The summed E-state index contributed by atoms with van der Waals surface area (Å²) in [6.07, 6.45) is 0. The van der Waals surface area contributed by atoms with Gasteiger partial charge in [-0.05, 0) is 23.6 Å². The lowest BCUT2D eigenvalue weighted by molar-refractivity contribution is 0.0656. The highest BCUT2D eigenvalue weighted by Gasteiger charge is 2.33. The number of fused-ring (bicyclic) bond motifs is 2. The van der Waals surface area contributed by atoms with Crippen molar-refractivity contribution in [3.05, 3.63) is 46.6 Å². The summed E-state index contributed by atoms with van der Waals surface area (Å²) in [5.41, 5.74) is 6.59. The summed E-state index contributed by atoms with van der Waals surface area (Å²) in [5.74, 6) is 0.365. The van der Waals surface area contributed by atoms with Crippen molar-refractivity contribution in [1.82, 2.24) is 25.0 Å². The van der Waals surface area contributed by atoms with E-state index in [4.69, 9.17) is 16.0 Å². The summed E-state index contributed by atoms with van der Waals surface area (Å²) < 4.78 is 34.3. The van der Waals surface area contributed by atoms with Crippen molar-refractivity contribution >= 4 is 49.0 Å². The van der Waals surface area contributed by atoms with E-state index in [1.54, 1.807) is 23.1 Å². The molecule has 0 radical (unpaired) electrons. The van der Waals surface area contributed by atoms with Gasteiger partial charge in [0, 0.05) is 35.9 Å². The molecule has 0 spiro atoms. The Morgan fingerprint density at radius 1 is 1.13 bits per heavy atom. The van der Waals surface area contributed by atoms with Gasteiger partial charge in [0.25, 0.3) is 15.9 Å². The highest BCUT2D eigenvalue weighted by molar-refractivity contribution is 7.91. The summed E-state index contributed by atoms with van der Waals surface area (Å²) in [5, 5.41) is 1.41. The van der Waals surface area contributed by atoms with Crippen LogP contribution in [0.5, 0.6) is 0 Å². The molecule has 1 saturated heterocycles. The van der Waals surface area contributed by atoms with E-state index in [2.05, 4.69) is 15.8 Å². The minimum atomic E-state index is -3.64. The van der Waals surface area contributed by atoms with Crippen LogP contribution < -0.4 is 10.9 Å². The number of rotatable bonds is 3. The molecule has 12 heteroatoms. The van der Waals surface area contributed by atoms with Crippen LogP contribution in [-0.4, -0.2) is 54.7 Å². The van der Waals surface area contributed by atoms with Crippen molar-refractivity contribution in [2.24, 2.45) is 0 Å². The number of nitrogens with zero attached hydrogens (tertiary/aromatic N) is 3. The quantitative estimate of drug-likeness (QED) is 0.604. The van der Waals surface area contributed by atoms with Gasteiger partial charge in [0.15, 0.2) is 0 Å². The van der Waals surface area contributed by atoms with Crippen molar-refractivity contribution < 1.29 is 17.6 Å². The standard InChI is InChI=1S/C18H18ClN5O4S2/c19-12-2-1-11-7-16(29-15(11)8-12)30(26,27)24-5-3-23(4-6-24)18(25)17-22-13-9-20-21-10-14(13)28-17/h1-2,7-8,20-21H,3-6,9-10H2. The van der Waals surface area contributed by atoms with E-state index in [1.165, 1.54) is 15.6 Å². The first kappa shape index (κ1) is 19.9. The molecule has 5 rings (SSSR count). The van der Waals surface area contributed by atoms with Gasteiger partial charge in [-0.25, -0.2) is 18.8 Å². The monoisotopic (exact) mass is 467 g/mol. The van der Waals surface area contributed by atoms with E-state index in [-0.39, 0.29) is 42.2 Å². The van der Waals surface area contributed by atoms with Crippen LogP contribution in [0, 0.1) is 0 Å². The van der Waals surface area contributed by atoms with E-state index in [0.29, 0.717) is 29.6 Å². The molecule has 0 bridgehead atoms. The van der Waals surface area contributed by atoms with Gasteiger partial charge in [0.2, 0.25) is 0 Å². The smallest absolute Gasteiger partial charge is 0.309 e. The molecule has 9 nitrogen and oxygen atoms in total. The van der Waals surface area contributed by atoms with Gasteiger partial charge in [-0.15, -0.1) is 11.3 Å². The number of carbonyl (C=O) groups excluding carboxylic acids is 1. The van der Waals surface area contributed by atoms with Crippen LogP contribution in [0.15, 0.2) is 32.9 Å². The van der Waals surface area contributed by atoms with Gasteiger partial charge in [-0.3, -0.25) is 10.2 Å². The third-order valence-electron chi connectivity index (χ3n) is 5.17. The Morgan fingerprint density at radius 2 is 1.90 bits per heavy atom. The molecule has 0 aliphatic carbocycles. The minimum Gasteiger partial charge on any atom is -0.436 e. The van der Waals surface area contributed by atoms with Crippen LogP contribution in [0.25, 0.3) is 10.1 Å². The molecule has 1 amide bonds. The van der Waals surface area contributed by atoms with Crippen molar-refractivity contribution in [3.63, 3.8) is 0 Å². The number of carbonyl (C=O) groups is 1. The number of oxazole rings is 1. The summed E-state index contributed by atoms with van der Waals surface area (Å²) in [6.45, 7) is 1.93. The molecule has 2 aliphatic heterocycles. The van der Waals surface area contributed by atoms with Crippen molar-refractivity contribution in [2.75, 3.05) is 26.2 Å². The Kier molecular flexibility index (Phi) is 5.04. The van der Waals surface area contributed by atoms with Gasteiger partial charge < -0.3 is 9.32 Å². The van der Waals surface area contributed by atoms with E-state index in [0.717, 1.165) is 10.1 Å². The van der Waals surface area contributed by atoms with E-state index >= 15 is 0 Å². The lowest BCUT2D eigenvalue weighted by Crippen LogP contribution is -2.50. The fraction of sp³-hybridized carbons (Fsp3) is 0.333. The zero-order valence-electron chi connectivity index (χ0n) is 15.7. The third-order valence-corrected chi connectivity index (χ3v) is 8.85. The fourth-order valence-corrected chi connectivity index (χ4v) is 6.79. The number of halogens is 1. The first-order valence-electron chi connectivity index (χ1n) is 9.34. The number of hydrogen-bond donors (Lipinski definition) is 2. The second kappa shape index (κ2) is 7.59. The molecule has 3 aromatic rings. The van der Waals surface area contributed by atoms with Crippen molar-refractivity contribution in [2.45, 2.75) is 17.3 Å². The Bertz CT molecular complexity index is 1210. The maximum Gasteiger partial charge on any atom is 0.309 e. The number of nitrogens with one attached hydrogen (secondary N) is 2. The van der Waals surface area contributed by atoms with Crippen LogP contribution in [-0.2, 0) is 23.1 Å². The normalized spacial score (nSPS) is 18.0. The number of benzene rings is 1. The third kappa shape index (κ3) is 3.51. The molecule has 2 aliphatic rings. The van der Waals surface area contributed by atoms with E-state index in [1.807, 2.05) is 6.07 Å². The fourth-order valence-electron chi connectivity index (χ4n) is 3.54. The van der Waals surface area contributed by atoms with Crippen LogP contribution in [0.1, 0.15) is 22.1 Å². The Labute approximate surface area is 181 Å². The number of amides is 1. The molecule has 2 aromatic heterocycles. The molecule has 1 aromatic carbocycles. The van der Waals surface area contributed by atoms with Crippen LogP contribution in [0.3, 0.4) is 0 Å². The topological polar surface area (TPSA) is 108 Å². The Hall–Kier alpha value is -2.02. The largest absolute Gasteiger partial charge is 0.436 e. The Balaban J connectivity index is 1.29. The maximum atomic E-state index is 13.1. The number of aromatic nitrogens is 1. The molecule has 0 atom stereocenters. The van der Waals surface area contributed by atoms with Crippen LogP contribution in [0.4, 0.5) is 0 Å². The maximum absolute atomic E-state index is 13.1. The number of hydrazine groups is 1. The molecular formula is C18H18ClN5O4S2. The van der Waals surface area contributed by atoms with Crippen molar-refractivity contribution in [1.29, 1.82) is 0 Å². The van der Waals surface area contributed by atoms with E-state index in [9.17, 15) is 13.2 Å². The highest BCUT2D eigenvalue weighted by Crippen LogP contribution is 2.33. The van der Waals surface area contributed by atoms with Crippen LogP contribution >= 0.6 is 22.9 Å². The molecule has 0 unspecified atom stereocenters. The van der Waals surface area contributed by atoms with Gasteiger partial charge >= 0.3 is 5.91 Å². The molecule has 2 N–H and O–H groups in total. The summed E-state index contributed by atoms with van der Waals surface area (Å²) in [6, 6.07) is 6.98. The van der Waals surface area contributed by atoms with Gasteiger partial charge in [0.1, 0.15) is 9.97 Å². The van der Waals surface area contributed by atoms with Crippen LogP contribution in [0.2, 0.25) is 5.02 Å². The number of hydrogen-bond acceptors (Lipinski definition) is 8. The zero-order valence-corrected chi connectivity index (χ0v) is 18.1. The van der Waals surface area contributed by atoms with Gasteiger partial charge in [0.05, 0.1) is 18.8 Å². The SMILES string of the molecule is O=C(c1nc2c(o1)CNNC2)N1CCN(S(=O)(=O)c2cc3ccc(Cl)cc3s2)CC1. The molecule has 4 heterocycles. The predicted molar refractivity (Wildman–Crippen MR) is 112 cm³/mol. The average molecular weight is 468 g/mol. The van der Waals surface area contributed by atoms with E-state index < -0.39 is 10.0 Å². The summed E-state index contributed by atoms with van der Waals surface area (Å²) in [7, 11) is -3.64. The molecule has 1 fully saturated rings. The average Bonchev–Trinajstić information content (AvgIpc) is 3.37. The lowest BCUT2D eigenvalue weighted by atomic mass is 10.3.